The van der Waals surface area contributed by atoms with Gasteiger partial charge in [-0.3, -0.25) is 0 Å². The van der Waals surface area contributed by atoms with E-state index < -0.39 is 0 Å². The first-order chi connectivity index (χ1) is 5.81. The van der Waals surface area contributed by atoms with Crippen LogP contribution in [0.25, 0.3) is 0 Å². The van der Waals surface area contributed by atoms with Crippen molar-refractivity contribution in [3.8, 4) is 0 Å². The van der Waals surface area contributed by atoms with Crippen LogP contribution in [0, 0.1) is 0 Å². The van der Waals surface area contributed by atoms with Crippen LogP contribution in [0.15, 0.2) is 36.0 Å². The van der Waals surface area contributed by atoms with Crippen molar-refractivity contribution in [2.75, 3.05) is 0 Å². The molecule has 1 nitrogen and oxygen atoms in total. The summed E-state index contributed by atoms with van der Waals surface area (Å²) >= 11 is 4.52. The molecule has 1 aliphatic rings. The van der Waals surface area contributed by atoms with Crippen molar-refractivity contribution >= 4 is 12.6 Å². The summed E-state index contributed by atoms with van der Waals surface area (Å²) in [5.74, 6) is 0. The fourth-order valence-electron chi connectivity index (χ4n) is 1.27. The zero-order valence-corrected chi connectivity index (χ0v) is 9.31. The van der Waals surface area contributed by atoms with E-state index in [1.54, 1.807) is 0 Å². The molecular formula is C11H17NS. The molecule has 0 saturated heterocycles. The van der Waals surface area contributed by atoms with Crippen LogP contribution in [-0.2, 0) is 0 Å². The minimum atomic E-state index is -0.362. The van der Waals surface area contributed by atoms with Crippen molar-refractivity contribution in [3.05, 3.63) is 36.0 Å². The van der Waals surface area contributed by atoms with Gasteiger partial charge in [-0.2, -0.15) is 12.6 Å². The molecule has 0 heterocycles. The number of nitrogens with two attached hydrogens (primary N) is 1. The zero-order chi connectivity index (χ0) is 10.1. The number of hydrogen-bond donors (Lipinski definition) is 2. The molecule has 0 aliphatic heterocycles. The van der Waals surface area contributed by atoms with Crippen LogP contribution in [0.5, 0.6) is 0 Å². The summed E-state index contributed by atoms with van der Waals surface area (Å²) in [4.78, 5) is 0. The Bertz CT molecular complexity index is 282. The molecule has 0 radical (unpaired) electrons. The zero-order valence-electron chi connectivity index (χ0n) is 8.41. The topological polar surface area (TPSA) is 26.0 Å². The van der Waals surface area contributed by atoms with Crippen LogP contribution in [0.2, 0.25) is 0 Å². The van der Waals surface area contributed by atoms with Gasteiger partial charge >= 0.3 is 0 Å². The Morgan fingerprint density at radius 2 is 1.85 bits per heavy atom. The quantitative estimate of drug-likeness (QED) is 0.451. The molecule has 0 aromatic heterocycles. The number of thiol groups is 1. The first-order valence-electron chi connectivity index (χ1n) is 4.41. The van der Waals surface area contributed by atoms with Gasteiger partial charge in [0.1, 0.15) is 0 Å². The Labute approximate surface area is 85.8 Å². The van der Waals surface area contributed by atoms with E-state index in [0.29, 0.717) is 0 Å². The molecule has 0 spiro atoms. The first-order valence-corrected chi connectivity index (χ1v) is 4.86. The van der Waals surface area contributed by atoms with E-state index in [-0.39, 0.29) is 10.3 Å². The van der Waals surface area contributed by atoms with E-state index in [2.05, 4.69) is 25.6 Å². The standard InChI is InChI=1S/C11H17NS/c1-9-4-5-10(2,12)6-7-11(3,13)8-9/h4-8,13H,12H2,1-3H3/b5-4?,7-6-,9-8?. The average molecular weight is 195 g/mol. The highest BCUT2D eigenvalue weighted by molar-refractivity contribution is 7.82. The molecule has 72 valence electrons. The molecule has 2 unspecified atom stereocenters. The van der Waals surface area contributed by atoms with Crippen LogP contribution in [0.3, 0.4) is 0 Å². The maximum atomic E-state index is 6.00. The highest BCUT2D eigenvalue weighted by Gasteiger charge is 2.17. The molecule has 0 aromatic carbocycles. The molecule has 1 aliphatic carbocycles. The Hall–Kier alpha value is -0.470. The van der Waals surface area contributed by atoms with Crippen LogP contribution in [0.1, 0.15) is 20.8 Å². The molecule has 13 heavy (non-hydrogen) atoms. The molecule has 0 amide bonds. The molecular weight excluding hydrogens is 178 g/mol. The van der Waals surface area contributed by atoms with Crippen LogP contribution >= 0.6 is 12.6 Å². The van der Waals surface area contributed by atoms with Crippen LogP contribution in [-0.4, -0.2) is 10.3 Å². The van der Waals surface area contributed by atoms with E-state index in [1.165, 1.54) is 5.57 Å². The predicted molar refractivity (Wildman–Crippen MR) is 62.0 cm³/mol. The molecule has 0 aromatic rings. The lowest BCUT2D eigenvalue weighted by Gasteiger charge is -2.22. The second-order valence-corrected chi connectivity index (χ2v) is 5.11. The second-order valence-electron chi connectivity index (χ2n) is 4.15. The lowest BCUT2D eigenvalue weighted by molar-refractivity contribution is 0.725. The Balaban J connectivity index is 3.10. The molecule has 0 saturated carbocycles. The minimum Gasteiger partial charge on any atom is -0.319 e. The van der Waals surface area contributed by atoms with E-state index in [4.69, 9.17) is 5.73 Å². The van der Waals surface area contributed by atoms with Gasteiger partial charge in [0.15, 0.2) is 0 Å². The lowest BCUT2D eigenvalue weighted by Crippen LogP contribution is -2.32. The summed E-state index contributed by atoms with van der Waals surface area (Å²) in [7, 11) is 0. The summed E-state index contributed by atoms with van der Waals surface area (Å²) < 4.78 is -0.199. The molecule has 0 bridgehead atoms. The second kappa shape index (κ2) is 3.35. The third kappa shape index (κ3) is 3.41. The third-order valence-electron chi connectivity index (χ3n) is 2.01. The third-order valence-corrected chi connectivity index (χ3v) is 2.28. The highest BCUT2D eigenvalue weighted by atomic mass is 32.1. The summed E-state index contributed by atoms with van der Waals surface area (Å²) in [5.41, 5.74) is 6.83. The van der Waals surface area contributed by atoms with Crippen LogP contribution in [0.4, 0.5) is 0 Å². The van der Waals surface area contributed by atoms with Crippen molar-refractivity contribution in [2.24, 2.45) is 5.73 Å². The van der Waals surface area contributed by atoms with Crippen LogP contribution < -0.4 is 5.73 Å². The molecule has 2 atom stereocenters. The van der Waals surface area contributed by atoms with Crippen molar-refractivity contribution in [3.63, 3.8) is 0 Å². The molecule has 1 rings (SSSR count). The predicted octanol–water partition coefficient (Wildman–Crippen LogP) is 2.46. The van der Waals surface area contributed by atoms with Gasteiger partial charge in [-0.15, -0.1) is 0 Å². The van der Waals surface area contributed by atoms with Crippen molar-refractivity contribution in [1.82, 2.24) is 0 Å². The van der Waals surface area contributed by atoms with Gasteiger partial charge in [-0.05, 0) is 20.8 Å². The molecule has 0 fully saturated rings. The lowest BCUT2D eigenvalue weighted by atomic mass is 9.94. The average Bonchev–Trinajstić information content (AvgIpc) is 1.96. The van der Waals surface area contributed by atoms with Gasteiger partial charge in [0, 0.05) is 10.3 Å². The van der Waals surface area contributed by atoms with Gasteiger partial charge < -0.3 is 5.73 Å². The van der Waals surface area contributed by atoms with Gasteiger partial charge in [-0.1, -0.05) is 36.0 Å². The maximum absolute atomic E-state index is 6.00. The van der Waals surface area contributed by atoms with Gasteiger partial charge in [0.2, 0.25) is 0 Å². The summed E-state index contributed by atoms with van der Waals surface area (Å²) in [5, 5.41) is 0. The normalized spacial score (nSPS) is 42.1. The fraction of sp³-hybridized carbons (Fsp3) is 0.455. The van der Waals surface area contributed by atoms with Crippen molar-refractivity contribution in [2.45, 2.75) is 31.1 Å². The molecule has 2 heteroatoms. The number of hydrogen-bond acceptors (Lipinski definition) is 2. The monoisotopic (exact) mass is 195 g/mol. The van der Waals surface area contributed by atoms with E-state index in [1.807, 2.05) is 38.2 Å². The van der Waals surface area contributed by atoms with Gasteiger partial charge in [-0.25, -0.2) is 0 Å². The molecule has 2 N–H and O–H groups in total. The van der Waals surface area contributed by atoms with E-state index in [0.717, 1.165) is 0 Å². The Morgan fingerprint density at radius 3 is 2.46 bits per heavy atom. The maximum Gasteiger partial charge on any atom is 0.0500 e. The highest BCUT2D eigenvalue weighted by Crippen LogP contribution is 2.23. The van der Waals surface area contributed by atoms with Gasteiger partial charge in [0.05, 0.1) is 0 Å². The Morgan fingerprint density at radius 1 is 1.23 bits per heavy atom. The number of rotatable bonds is 0. The smallest absolute Gasteiger partial charge is 0.0500 e. The number of allylic oxidation sites excluding steroid dienone is 2. The fourth-order valence-corrected chi connectivity index (χ4v) is 1.55. The van der Waals surface area contributed by atoms with Crippen molar-refractivity contribution < 1.29 is 0 Å². The van der Waals surface area contributed by atoms with E-state index in [9.17, 15) is 0 Å². The largest absolute Gasteiger partial charge is 0.319 e. The van der Waals surface area contributed by atoms with E-state index >= 15 is 0 Å². The summed E-state index contributed by atoms with van der Waals surface area (Å²) in [6, 6.07) is 0. The first kappa shape index (κ1) is 10.6. The minimum absolute atomic E-state index is 0.199. The van der Waals surface area contributed by atoms with Crippen molar-refractivity contribution in [1.29, 1.82) is 0 Å². The summed E-state index contributed by atoms with van der Waals surface area (Å²) in [6.45, 7) is 6.08. The summed E-state index contributed by atoms with van der Waals surface area (Å²) in [6.07, 6.45) is 10.2. The Kier molecular flexibility index (Phi) is 2.74. The SMILES string of the molecule is CC1=CC(C)(S)/C=C\C(C)(N)C=C1. The van der Waals surface area contributed by atoms with Gasteiger partial charge in [0.25, 0.3) is 0 Å².